The van der Waals surface area contributed by atoms with Gasteiger partial charge >= 0.3 is 0 Å². The van der Waals surface area contributed by atoms with Crippen LogP contribution in [-0.2, 0) is 0 Å². The zero-order valence-electron chi connectivity index (χ0n) is 14.6. The number of halogens is 1. The molecule has 0 saturated heterocycles. The molecule has 3 aromatic carbocycles. The van der Waals surface area contributed by atoms with Gasteiger partial charge in [-0.15, -0.1) is 0 Å². The number of rotatable bonds is 3. The first-order valence-corrected chi connectivity index (χ1v) is 9.27. The number of nitrogens with one attached hydrogen (secondary N) is 1. The highest BCUT2D eigenvalue weighted by Crippen LogP contribution is 2.42. The van der Waals surface area contributed by atoms with Crippen molar-refractivity contribution in [2.45, 2.75) is 0 Å². The molecule has 0 bridgehead atoms. The Balaban J connectivity index is 1.69. The predicted molar refractivity (Wildman–Crippen MR) is 112 cm³/mol. The number of aliphatic imine (C=N–C) groups is 1. The molecule has 134 valence electrons. The molecule has 3 aromatic rings. The van der Waals surface area contributed by atoms with E-state index in [9.17, 15) is 4.39 Å². The zero-order chi connectivity index (χ0) is 18.6. The molecule has 1 heterocycles. The summed E-state index contributed by atoms with van der Waals surface area (Å²) in [5, 5.41) is 4.06. The monoisotopic (exact) mass is 376 g/mol. The number of methoxy groups -OCH3 is 1. The summed E-state index contributed by atoms with van der Waals surface area (Å²) in [5.41, 5.74) is 3.50. The lowest BCUT2D eigenvalue weighted by molar-refractivity contribution is 0.415. The van der Waals surface area contributed by atoms with E-state index in [1.807, 2.05) is 60.7 Å². The summed E-state index contributed by atoms with van der Waals surface area (Å²) in [6.07, 6.45) is 2.05. The fraction of sp³-hybridized carbons (Fsp3) is 0.0455. The van der Waals surface area contributed by atoms with Gasteiger partial charge in [0, 0.05) is 16.2 Å². The number of nitrogens with zero attached hydrogens (tertiary/aromatic N) is 1. The summed E-state index contributed by atoms with van der Waals surface area (Å²) >= 11 is 1.48. The van der Waals surface area contributed by atoms with Gasteiger partial charge in [0.05, 0.1) is 12.8 Å². The van der Waals surface area contributed by atoms with Crippen molar-refractivity contribution in [3.63, 3.8) is 0 Å². The molecule has 1 aliphatic heterocycles. The number of anilines is 1. The van der Waals surface area contributed by atoms with E-state index in [-0.39, 0.29) is 5.82 Å². The fourth-order valence-corrected chi connectivity index (χ4v) is 3.74. The maximum atomic E-state index is 13.8. The average molecular weight is 376 g/mol. The van der Waals surface area contributed by atoms with Crippen molar-refractivity contribution in [1.29, 1.82) is 0 Å². The van der Waals surface area contributed by atoms with Crippen molar-refractivity contribution in [2.24, 2.45) is 4.99 Å². The Morgan fingerprint density at radius 1 is 1.00 bits per heavy atom. The van der Waals surface area contributed by atoms with Crippen molar-refractivity contribution in [3.8, 4) is 5.75 Å². The number of benzene rings is 3. The second kappa shape index (κ2) is 7.68. The molecule has 0 radical (unpaired) electrons. The van der Waals surface area contributed by atoms with Crippen LogP contribution in [0.2, 0.25) is 0 Å². The topological polar surface area (TPSA) is 33.6 Å². The van der Waals surface area contributed by atoms with Gasteiger partial charge in [0.15, 0.2) is 5.17 Å². The summed E-state index contributed by atoms with van der Waals surface area (Å²) < 4.78 is 19.0. The third-order valence-corrected chi connectivity index (χ3v) is 5.04. The van der Waals surface area contributed by atoms with E-state index >= 15 is 0 Å². The third kappa shape index (κ3) is 4.04. The summed E-state index contributed by atoms with van der Waals surface area (Å²) in [4.78, 5) is 5.59. The Kier molecular flexibility index (Phi) is 4.94. The second-order valence-electron chi connectivity index (χ2n) is 5.95. The first-order chi connectivity index (χ1) is 13.2. The van der Waals surface area contributed by atoms with Crippen LogP contribution < -0.4 is 10.1 Å². The Hall–Kier alpha value is -3.05. The molecule has 0 aliphatic carbocycles. The van der Waals surface area contributed by atoms with Crippen LogP contribution in [0.25, 0.3) is 11.0 Å². The van der Waals surface area contributed by atoms with Crippen LogP contribution in [0.1, 0.15) is 11.1 Å². The molecule has 27 heavy (non-hydrogen) atoms. The lowest BCUT2D eigenvalue weighted by Crippen LogP contribution is -2.10. The fourth-order valence-electron chi connectivity index (χ4n) is 2.75. The van der Waals surface area contributed by atoms with Gasteiger partial charge in [0.1, 0.15) is 11.6 Å². The van der Waals surface area contributed by atoms with Gasteiger partial charge in [-0.25, -0.2) is 9.38 Å². The van der Waals surface area contributed by atoms with Gasteiger partial charge in [0.25, 0.3) is 0 Å². The van der Waals surface area contributed by atoms with Crippen LogP contribution in [0, 0.1) is 5.82 Å². The minimum Gasteiger partial charge on any atom is -0.497 e. The molecule has 3 nitrogen and oxygen atoms in total. The molecule has 0 fully saturated rings. The third-order valence-electron chi connectivity index (χ3n) is 4.09. The number of hydrogen-bond acceptors (Lipinski definition) is 4. The highest BCUT2D eigenvalue weighted by Gasteiger charge is 2.19. The molecule has 1 aliphatic rings. The van der Waals surface area contributed by atoms with E-state index in [1.54, 1.807) is 13.2 Å². The first-order valence-electron chi connectivity index (χ1n) is 8.45. The Labute approximate surface area is 161 Å². The largest absolute Gasteiger partial charge is 0.497 e. The van der Waals surface area contributed by atoms with Crippen LogP contribution in [0.3, 0.4) is 0 Å². The molecule has 4 rings (SSSR count). The lowest BCUT2D eigenvalue weighted by atomic mass is 10.1. The van der Waals surface area contributed by atoms with Crippen molar-refractivity contribution in [3.05, 3.63) is 89.7 Å². The molecule has 0 aromatic heterocycles. The maximum absolute atomic E-state index is 13.8. The Bertz CT molecular complexity index is 1010. The van der Waals surface area contributed by atoms with Crippen LogP contribution in [0.15, 0.2) is 77.8 Å². The molecule has 0 saturated carbocycles. The molecule has 0 spiro atoms. The smallest absolute Gasteiger partial charge is 0.171 e. The van der Waals surface area contributed by atoms with Crippen LogP contribution in [0.4, 0.5) is 15.8 Å². The number of ether oxygens (including phenoxy) is 1. The molecule has 0 unspecified atom stereocenters. The molecular formula is C22H17FN2OS. The van der Waals surface area contributed by atoms with Crippen molar-refractivity contribution in [1.82, 2.24) is 0 Å². The molecule has 0 atom stereocenters. The van der Waals surface area contributed by atoms with Crippen molar-refractivity contribution >= 4 is 39.3 Å². The molecule has 1 N–H and O–H groups in total. The van der Waals surface area contributed by atoms with E-state index in [1.165, 1.54) is 23.9 Å². The summed E-state index contributed by atoms with van der Waals surface area (Å²) in [6.45, 7) is 0. The minimum absolute atomic E-state index is 0.268. The second-order valence-corrected chi connectivity index (χ2v) is 6.98. The van der Waals surface area contributed by atoms with Crippen LogP contribution in [-0.4, -0.2) is 12.3 Å². The van der Waals surface area contributed by atoms with Gasteiger partial charge in [-0.3, -0.25) is 0 Å². The zero-order valence-corrected chi connectivity index (χ0v) is 15.5. The standard InChI is InChI=1S/C22H17FN2OS/c1-26-18-10-8-17(9-11-18)24-22-25-20-12-7-16(23)14-19(20)21(27-22)13-15-5-3-2-4-6-15/h2-14H,1H3,(H,24,25)/b21-13-. The highest BCUT2D eigenvalue weighted by molar-refractivity contribution is 8.22. The van der Waals surface area contributed by atoms with Crippen LogP contribution in [0.5, 0.6) is 5.75 Å². The van der Waals surface area contributed by atoms with E-state index < -0.39 is 0 Å². The van der Waals surface area contributed by atoms with E-state index in [0.717, 1.165) is 38.3 Å². The summed E-state index contributed by atoms with van der Waals surface area (Å²) in [5.74, 6) is 0.527. The molecule has 5 heteroatoms. The maximum Gasteiger partial charge on any atom is 0.171 e. The SMILES string of the molecule is COc1ccc(NC2=Nc3ccc(F)cc3/C(=C/c3ccccc3)S2)cc1. The summed E-state index contributed by atoms with van der Waals surface area (Å²) in [7, 11) is 1.64. The van der Waals surface area contributed by atoms with Gasteiger partial charge in [-0.1, -0.05) is 42.1 Å². The quantitative estimate of drug-likeness (QED) is 0.593. The van der Waals surface area contributed by atoms with Crippen LogP contribution >= 0.6 is 11.8 Å². The van der Waals surface area contributed by atoms with E-state index in [2.05, 4.69) is 10.3 Å². The number of fused-ring (bicyclic) bond motifs is 1. The molecular weight excluding hydrogens is 359 g/mol. The predicted octanol–water partition coefficient (Wildman–Crippen LogP) is 6.18. The summed E-state index contributed by atoms with van der Waals surface area (Å²) in [6, 6.07) is 22.3. The van der Waals surface area contributed by atoms with Gasteiger partial charge in [0.2, 0.25) is 0 Å². The van der Waals surface area contributed by atoms with Gasteiger partial charge < -0.3 is 10.1 Å². The number of hydrogen-bond donors (Lipinski definition) is 1. The van der Waals surface area contributed by atoms with E-state index in [0.29, 0.717) is 0 Å². The van der Waals surface area contributed by atoms with E-state index in [4.69, 9.17) is 4.74 Å². The number of amidine groups is 1. The molecule has 0 amide bonds. The normalized spacial score (nSPS) is 14.4. The van der Waals surface area contributed by atoms with Gasteiger partial charge in [-0.2, -0.15) is 0 Å². The van der Waals surface area contributed by atoms with Gasteiger partial charge in [-0.05, 0) is 54.1 Å². The Morgan fingerprint density at radius 2 is 1.78 bits per heavy atom. The first kappa shape index (κ1) is 17.4. The lowest BCUT2D eigenvalue weighted by Gasteiger charge is -2.19. The highest BCUT2D eigenvalue weighted by atomic mass is 32.2. The van der Waals surface area contributed by atoms with Crippen molar-refractivity contribution in [2.75, 3.05) is 12.4 Å². The minimum atomic E-state index is -0.268. The Morgan fingerprint density at radius 3 is 2.52 bits per heavy atom. The number of thioether (sulfide) groups is 1. The average Bonchev–Trinajstić information content (AvgIpc) is 2.70. The van der Waals surface area contributed by atoms with Crippen molar-refractivity contribution < 1.29 is 9.13 Å².